The molecule has 0 aliphatic carbocycles. The lowest BCUT2D eigenvalue weighted by Crippen LogP contribution is -2.36. The molecule has 21 heavy (non-hydrogen) atoms. The van der Waals surface area contributed by atoms with Gasteiger partial charge in [0.25, 0.3) is 0 Å². The first-order valence-electron chi connectivity index (χ1n) is 6.55. The van der Waals surface area contributed by atoms with Crippen molar-refractivity contribution in [1.29, 1.82) is 0 Å². The Balaban J connectivity index is 2.48. The maximum absolute atomic E-state index is 11.8. The fourth-order valence-corrected chi connectivity index (χ4v) is 1.91. The Kier molecular flexibility index (Phi) is 6.81. The lowest BCUT2D eigenvalue weighted by Gasteiger charge is -2.15. The van der Waals surface area contributed by atoms with Crippen molar-refractivity contribution < 1.29 is 19.4 Å². The summed E-state index contributed by atoms with van der Waals surface area (Å²) in [4.78, 5) is 22.2. The third-order valence-electron chi connectivity index (χ3n) is 2.83. The summed E-state index contributed by atoms with van der Waals surface area (Å²) in [5, 5.41) is 14.3. The number of hydrogen-bond acceptors (Lipinski definition) is 3. The second-order valence-corrected chi connectivity index (χ2v) is 5.04. The number of methoxy groups -OCH3 is 1. The number of urea groups is 1. The second kappa shape index (κ2) is 8.36. The highest BCUT2D eigenvalue weighted by Crippen LogP contribution is 2.26. The average molecular weight is 315 g/mol. The number of carboxylic acids is 1. The van der Waals surface area contributed by atoms with Crippen LogP contribution in [0.1, 0.15) is 26.2 Å². The number of carboxylic acid groups (broad SMARTS) is 1. The van der Waals surface area contributed by atoms with Crippen molar-refractivity contribution in [2.75, 3.05) is 12.4 Å². The predicted octanol–water partition coefficient (Wildman–Crippen LogP) is 3.11. The first kappa shape index (κ1) is 17.1. The van der Waals surface area contributed by atoms with Crippen LogP contribution in [-0.2, 0) is 4.79 Å². The van der Waals surface area contributed by atoms with E-state index in [1.54, 1.807) is 18.2 Å². The lowest BCUT2D eigenvalue weighted by atomic mass is 10.1. The molecule has 0 bridgehead atoms. The summed E-state index contributed by atoms with van der Waals surface area (Å²) in [5.41, 5.74) is 0.450. The van der Waals surface area contributed by atoms with Crippen LogP contribution in [0.3, 0.4) is 0 Å². The molecule has 0 spiro atoms. The van der Waals surface area contributed by atoms with Gasteiger partial charge in [-0.3, -0.25) is 4.79 Å². The summed E-state index contributed by atoms with van der Waals surface area (Å²) in [6.45, 7) is 1.81. The fraction of sp³-hybridized carbons (Fsp3) is 0.429. The highest BCUT2D eigenvalue weighted by molar-refractivity contribution is 6.33. The number of amides is 2. The van der Waals surface area contributed by atoms with E-state index < -0.39 is 12.0 Å². The van der Waals surface area contributed by atoms with Gasteiger partial charge in [0, 0.05) is 18.5 Å². The first-order valence-corrected chi connectivity index (χ1v) is 6.93. The van der Waals surface area contributed by atoms with Gasteiger partial charge in [-0.1, -0.05) is 11.6 Å². The third kappa shape index (κ3) is 6.35. The number of nitrogens with one attached hydrogen (secondary N) is 2. The summed E-state index contributed by atoms with van der Waals surface area (Å²) in [6.07, 6.45) is 1.19. The van der Waals surface area contributed by atoms with Gasteiger partial charge >= 0.3 is 12.0 Å². The van der Waals surface area contributed by atoms with E-state index >= 15 is 0 Å². The Hall–Kier alpha value is -1.95. The topological polar surface area (TPSA) is 87.7 Å². The van der Waals surface area contributed by atoms with Crippen molar-refractivity contribution in [2.45, 2.75) is 32.2 Å². The summed E-state index contributed by atoms with van der Waals surface area (Å²) < 4.78 is 5.06. The van der Waals surface area contributed by atoms with Gasteiger partial charge < -0.3 is 20.5 Å². The van der Waals surface area contributed by atoms with E-state index in [9.17, 15) is 9.59 Å². The average Bonchev–Trinajstić information content (AvgIpc) is 2.40. The highest BCUT2D eigenvalue weighted by Gasteiger charge is 2.10. The normalized spacial score (nSPS) is 11.6. The van der Waals surface area contributed by atoms with Crippen LogP contribution in [0.15, 0.2) is 18.2 Å². The van der Waals surface area contributed by atoms with Crippen molar-refractivity contribution in [2.24, 2.45) is 0 Å². The maximum atomic E-state index is 11.8. The fourth-order valence-electron chi connectivity index (χ4n) is 1.74. The smallest absolute Gasteiger partial charge is 0.319 e. The monoisotopic (exact) mass is 314 g/mol. The molecule has 2 amide bonds. The molecule has 1 rings (SSSR count). The summed E-state index contributed by atoms with van der Waals surface area (Å²) in [7, 11) is 1.53. The Morgan fingerprint density at radius 3 is 2.76 bits per heavy atom. The van der Waals surface area contributed by atoms with Crippen LogP contribution in [0.2, 0.25) is 5.02 Å². The minimum atomic E-state index is -0.838. The van der Waals surface area contributed by atoms with Crippen LogP contribution >= 0.6 is 11.6 Å². The van der Waals surface area contributed by atoms with Gasteiger partial charge in [0.15, 0.2) is 0 Å². The van der Waals surface area contributed by atoms with Crippen LogP contribution in [0, 0.1) is 0 Å². The number of carbonyl (C=O) groups is 2. The minimum absolute atomic E-state index is 0.0926. The zero-order valence-corrected chi connectivity index (χ0v) is 12.7. The molecule has 0 saturated carbocycles. The van der Waals surface area contributed by atoms with E-state index in [0.717, 1.165) is 0 Å². The molecule has 7 heteroatoms. The molecule has 0 aliphatic heterocycles. The van der Waals surface area contributed by atoms with Crippen LogP contribution in [0.5, 0.6) is 5.75 Å². The quantitative estimate of drug-likeness (QED) is 0.721. The molecule has 116 valence electrons. The van der Waals surface area contributed by atoms with Gasteiger partial charge in [0.1, 0.15) is 5.75 Å². The molecule has 0 heterocycles. The van der Waals surface area contributed by atoms with Crippen molar-refractivity contribution >= 4 is 29.3 Å². The van der Waals surface area contributed by atoms with Crippen LogP contribution in [0.4, 0.5) is 10.5 Å². The van der Waals surface area contributed by atoms with Crippen LogP contribution < -0.4 is 15.4 Å². The van der Waals surface area contributed by atoms with E-state index in [0.29, 0.717) is 29.3 Å². The summed E-state index contributed by atoms with van der Waals surface area (Å²) in [5.74, 6) is -0.251. The number of hydrogen-bond donors (Lipinski definition) is 3. The SMILES string of the molecule is COc1ccc(Cl)c(NC(=O)NC(C)CCCC(=O)O)c1. The molecular formula is C14H19ClN2O4. The number of ether oxygens (including phenoxy) is 1. The van der Waals surface area contributed by atoms with E-state index in [2.05, 4.69) is 10.6 Å². The van der Waals surface area contributed by atoms with Crippen molar-refractivity contribution in [3.05, 3.63) is 23.2 Å². The molecule has 0 aromatic heterocycles. The van der Waals surface area contributed by atoms with E-state index in [1.807, 2.05) is 6.92 Å². The molecule has 6 nitrogen and oxygen atoms in total. The number of anilines is 1. The Bertz CT molecular complexity index is 508. The van der Waals surface area contributed by atoms with Gasteiger partial charge in [-0.05, 0) is 31.9 Å². The zero-order chi connectivity index (χ0) is 15.8. The summed E-state index contributed by atoms with van der Waals surface area (Å²) in [6, 6.07) is 4.42. The van der Waals surface area contributed by atoms with E-state index in [1.165, 1.54) is 7.11 Å². The Labute approximate surface area is 128 Å². The molecule has 1 aromatic rings. The lowest BCUT2D eigenvalue weighted by molar-refractivity contribution is -0.137. The van der Waals surface area contributed by atoms with Crippen LogP contribution in [0.25, 0.3) is 0 Å². The van der Waals surface area contributed by atoms with Gasteiger partial charge in [0.2, 0.25) is 0 Å². The number of aliphatic carboxylic acids is 1. The van der Waals surface area contributed by atoms with Crippen molar-refractivity contribution in [1.82, 2.24) is 5.32 Å². The van der Waals surface area contributed by atoms with Gasteiger partial charge in [-0.2, -0.15) is 0 Å². The third-order valence-corrected chi connectivity index (χ3v) is 3.16. The van der Waals surface area contributed by atoms with Crippen molar-refractivity contribution in [3.63, 3.8) is 0 Å². The number of benzene rings is 1. The van der Waals surface area contributed by atoms with Gasteiger partial charge in [-0.15, -0.1) is 0 Å². The molecule has 0 aliphatic rings. The Morgan fingerprint density at radius 1 is 1.43 bits per heavy atom. The highest BCUT2D eigenvalue weighted by atomic mass is 35.5. The van der Waals surface area contributed by atoms with E-state index in [4.69, 9.17) is 21.4 Å². The van der Waals surface area contributed by atoms with Gasteiger partial charge in [0.05, 0.1) is 17.8 Å². The molecule has 1 atom stereocenters. The molecular weight excluding hydrogens is 296 g/mol. The zero-order valence-electron chi connectivity index (χ0n) is 12.0. The Morgan fingerprint density at radius 2 is 2.14 bits per heavy atom. The maximum Gasteiger partial charge on any atom is 0.319 e. The number of rotatable bonds is 7. The molecule has 3 N–H and O–H groups in total. The molecule has 0 radical (unpaired) electrons. The second-order valence-electron chi connectivity index (χ2n) is 4.63. The van der Waals surface area contributed by atoms with Crippen LogP contribution in [-0.4, -0.2) is 30.3 Å². The first-order chi connectivity index (χ1) is 9.92. The van der Waals surface area contributed by atoms with E-state index in [-0.39, 0.29) is 12.5 Å². The predicted molar refractivity (Wildman–Crippen MR) is 81.1 cm³/mol. The minimum Gasteiger partial charge on any atom is -0.497 e. The summed E-state index contributed by atoms with van der Waals surface area (Å²) >= 11 is 5.99. The number of carbonyl (C=O) groups excluding carboxylic acids is 1. The molecule has 0 saturated heterocycles. The molecule has 1 aromatic carbocycles. The van der Waals surface area contributed by atoms with Gasteiger partial charge in [-0.25, -0.2) is 4.79 Å². The standard InChI is InChI=1S/C14H19ClN2O4/c1-9(4-3-5-13(18)19)16-14(20)17-12-8-10(21-2)6-7-11(12)15/h6-9H,3-5H2,1-2H3,(H,18,19)(H2,16,17,20). The molecule has 1 unspecified atom stereocenters. The number of halogens is 1. The molecule has 0 fully saturated rings. The van der Waals surface area contributed by atoms with Crippen molar-refractivity contribution in [3.8, 4) is 5.75 Å². The largest absolute Gasteiger partial charge is 0.497 e.